The predicted octanol–water partition coefficient (Wildman–Crippen LogP) is 3.50. The highest BCUT2D eigenvalue weighted by Gasteiger charge is 2.20. The van der Waals surface area contributed by atoms with Crippen LogP contribution in [0.2, 0.25) is 0 Å². The zero-order valence-corrected chi connectivity index (χ0v) is 21.7. The van der Waals surface area contributed by atoms with Crippen molar-refractivity contribution in [2.45, 2.75) is 47.0 Å². The highest BCUT2D eigenvalue weighted by molar-refractivity contribution is 5.76. The molecule has 2 aromatic rings. The second-order valence-electron chi connectivity index (χ2n) is 10.2. The quantitative estimate of drug-likeness (QED) is 0.177. The van der Waals surface area contributed by atoms with E-state index in [9.17, 15) is 14.7 Å². The maximum Gasteiger partial charge on any atom is 0.223 e. The predicted molar refractivity (Wildman–Crippen MR) is 143 cm³/mol. The Morgan fingerprint density at radius 2 is 1.66 bits per heavy atom. The fourth-order valence-electron chi connectivity index (χ4n) is 3.93. The first-order valence-electron chi connectivity index (χ1n) is 12.4. The summed E-state index contributed by atoms with van der Waals surface area (Å²) in [6, 6.07) is 13.7. The van der Waals surface area contributed by atoms with Crippen molar-refractivity contribution in [2.24, 2.45) is 5.41 Å². The SMILES string of the molecule is Cc1cccc(CCNCCC(=O)N(CCNCCc2ccc(O)c(NC=O)c2)CC(C)(C)C)c1. The minimum atomic E-state index is 0.0300. The summed E-state index contributed by atoms with van der Waals surface area (Å²) in [5, 5.41) is 19.1. The van der Waals surface area contributed by atoms with Gasteiger partial charge < -0.3 is 26.0 Å². The van der Waals surface area contributed by atoms with E-state index in [0.29, 0.717) is 38.2 Å². The van der Waals surface area contributed by atoms with Crippen molar-refractivity contribution in [3.8, 4) is 5.75 Å². The van der Waals surface area contributed by atoms with Crippen LogP contribution >= 0.6 is 0 Å². The summed E-state index contributed by atoms with van der Waals surface area (Å²) in [6.07, 6.45) is 2.76. The first kappa shape index (κ1) is 28.3. The Morgan fingerprint density at radius 1 is 0.971 bits per heavy atom. The molecule has 0 aromatic heterocycles. The van der Waals surface area contributed by atoms with Gasteiger partial charge in [0.15, 0.2) is 0 Å². The number of hydrogen-bond acceptors (Lipinski definition) is 5. The van der Waals surface area contributed by atoms with Gasteiger partial charge >= 0.3 is 0 Å². The van der Waals surface area contributed by atoms with Gasteiger partial charge in [0.1, 0.15) is 5.75 Å². The third-order valence-corrected chi connectivity index (χ3v) is 5.63. The minimum absolute atomic E-state index is 0.0300. The zero-order valence-electron chi connectivity index (χ0n) is 21.7. The van der Waals surface area contributed by atoms with Gasteiger partial charge in [0, 0.05) is 32.6 Å². The van der Waals surface area contributed by atoms with Crippen LogP contribution in [0.1, 0.15) is 43.9 Å². The normalized spacial score (nSPS) is 11.3. The number of anilines is 1. The highest BCUT2D eigenvalue weighted by Crippen LogP contribution is 2.23. The largest absolute Gasteiger partial charge is 0.506 e. The van der Waals surface area contributed by atoms with E-state index in [-0.39, 0.29) is 17.1 Å². The van der Waals surface area contributed by atoms with Gasteiger partial charge in [-0.3, -0.25) is 9.59 Å². The molecule has 0 bridgehead atoms. The number of rotatable bonds is 15. The van der Waals surface area contributed by atoms with Crippen LogP contribution < -0.4 is 16.0 Å². The fourth-order valence-corrected chi connectivity index (χ4v) is 3.93. The van der Waals surface area contributed by atoms with Crippen molar-refractivity contribution < 1.29 is 14.7 Å². The first-order valence-corrected chi connectivity index (χ1v) is 12.4. The van der Waals surface area contributed by atoms with Gasteiger partial charge in [0.2, 0.25) is 12.3 Å². The smallest absolute Gasteiger partial charge is 0.223 e. The van der Waals surface area contributed by atoms with Crippen LogP contribution in [0, 0.1) is 12.3 Å². The average molecular weight is 483 g/mol. The molecule has 35 heavy (non-hydrogen) atoms. The number of carbonyl (C=O) groups excluding carboxylic acids is 2. The van der Waals surface area contributed by atoms with E-state index in [1.165, 1.54) is 11.1 Å². The Bertz CT molecular complexity index is 940. The number of phenols is 1. The molecule has 192 valence electrons. The Balaban J connectivity index is 1.72. The van der Waals surface area contributed by atoms with Crippen LogP contribution in [0.4, 0.5) is 5.69 Å². The lowest BCUT2D eigenvalue weighted by molar-refractivity contribution is -0.132. The van der Waals surface area contributed by atoms with Crippen molar-refractivity contribution >= 4 is 18.0 Å². The van der Waals surface area contributed by atoms with E-state index in [2.05, 4.69) is 67.9 Å². The molecule has 0 radical (unpaired) electrons. The number of nitrogens with one attached hydrogen (secondary N) is 3. The number of hydrogen-bond donors (Lipinski definition) is 4. The third kappa shape index (κ3) is 11.4. The van der Waals surface area contributed by atoms with Crippen molar-refractivity contribution in [2.75, 3.05) is 44.6 Å². The van der Waals surface area contributed by atoms with Gasteiger partial charge in [0.25, 0.3) is 0 Å². The molecule has 7 heteroatoms. The van der Waals surface area contributed by atoms with E-state index in [1.807, 2.05) is 11.0 Å². The number of aromatic hydroxyl groups is 1. The van der Waals surface area contributed by atoms with Gasteiger partial charge in [-0.25, -0.2) is 0 Å². The Morgan fingerprint density at radius 3 is 2.31 bits per heavy atom. The molecule has 0 spiro atoms. The summed E-state index contributed by atoms with van der Waals surface area (Å²) in [4.78, 5) is 25.5. The molecule has 0 atom stereocenters. The van der Waals surface area contributed by atoms with E-state index in [1.54, 1.807) is 12.1 Å². The molecule has 0 saturated heterocycles. The third-order valence-electron chi connectivity index (χ3n) is 5.63. The number of nitrogens with zero attached hydrogens (tertiary/aromatic N) is 1. The number of carbonyl (C=O) groups is 2. The van der Waals surface area contributed by atoms with Crippen LogP contribution in [0.3, 0.4) is 0 Å². The maximum absolute atomic E-state index is 12.9. The Hall–Kier alpha value is -2.90. The van der Waals surface area contributed by atoms with Gasteiger partial charge in [0.05, 0.1) is 5.69 Å². The Labute approximate surface area is 210 Å². The van der Waals surface area contributed by atoms with E-state index in [0.717, 1.165) is 38.0 Å². The lowest BCUT2D eigenvalue weighted by atomic mass is 9.96. The number of aryl methyl sites for hydroxylation is 1. The van der Waals surface area contributed by atoms with E-state index in [4.69, 9.17) is 0 Å². The van der Waals surface area contributed by atoms with Gasteiger partial charge in [-0.05, 0) is 61.5 Å². The molecule has 0 aliphatic carbocycles. The number of amides is 2. The molecule has 2 amide bonds. The molecule has 0 unspecified atom stereocenters. The molecular weight excluding hydrogens is 440 g/mol. The van der Waals surface area contributed by atoms with Crippen LogP contribution in [0.5, 0.6) is 5.75 Å². The summed E-state index contributed by atoms with van der Waals surface area (Å²) in [5.41, 5.74) is 4.04. The van der Waals surface area contributed by atoms with Crippen LogP contribution in [-0.2, 0) is 22.4 Å². The standard InChI is InChI=1S/C28H42N4O3/c1-22-6-5-7-23(18-22)10-13-29-15-12-27(35)32(20-28(2,3)4)17-16-30-14-11-24-8-9-26(34)25(19-24)31-21-33/h5-9,18-19,21,29-30,34H,10-17,20H2,1-4H3,(H,31,33). The minimum Gasteiger partial charge on any atom is -0.506 e. The molecule has 0 fully saturated rings. The van der Waals surface area contributed by atoms with E-state index < -0.39 is 0 Å². The molecule has 4 N–H and O–H groups in total. The topological polar surface area (TPSA) is 93.7 Å². The molecule has 2 rings (SSSR count). The zero-order chi connectivity index (χ0) is 25.7. The number of benzene rings is 2. The van der Waals surface area contributed by atoms with E-state index >= 15 is 0 Å². The summed E-state index contributed by atoms with van der Waals surface area (Å²) in [7, 11) is 0. The summed E-state index contributed by atoms with van der Waals surface area (Å²) < 4.78 is 0. The van der Waals surface area contributed by atoms with Crippen molar-refractivity contribution in [3.05, 3.63) is 59.2 Å². The highest BCUT2D eigenvalue weighted by atomic mass is 16.3. The lowest BCUT2D eigenvalue weighted by Gasteiger charge is -2.30. The second kappa shape index (κ2) is 14.5. The molecule has 2 aromatic carbocycles. The lowest BCUT2D eigenvalue weighted by Crippen LogP contribution is -2.42. The first-order chi connectivity index (χ1) is 16.7. The van der Waals surface area contributed by atoms with Crippen molar-refractivity contribution in [3.63, 3.8) is 0 Å². The van der Waals surface area contributed by atoms with Crippen LogP contribution in [0.15, 0.2) is 42.5 Å². The molecule has 0 aliphatic heterocycles. The Kier molecular flexibility index (Phi) is 11.7. The fraction of sp³-hybridized carbons (Fsp3) is 0.500. The summed E-state index contributed by atoms with van der Waals surface area (Å²) in [6.45, 7) is 12.9. The van der Waals surface area contributed by atoms with Crippen molar-refractivity contribution in [1.29, 1.82) is 0 Å². The molecule has 0 saturated carbocycles. The van der Waals surface area contributed by atoms with Crippen molar-refractivity contribution in [1.82, 2.24) is 15.5 Å². The summed E-state index contributed by atoms with van der Waals surface area (Å²) in [5.74, 6) is 0.225. The summed E-state index contributed by atoms with van der Waals surface area (Å²) >= 11 is 0. The monoisotopic (exact) mass is 482 g/mol. The average Bonchev–Trinajstić information content (AvgIpc) is 2.79. The van der Waals surface area contributed by atoms with Gasteiger partial charge in [-0.1, -0.05) is 56.7 Å². The maximum atomic E-state index is 12.9. The van der Waals surface area contributed by atoms with Crippen LogP contribution in [0.25, 0.3) is 0 Å². The molecular formula is C28H42N4O3. The second-order valence-corrected chi connectivity index (χ2v) is 10.2. The van der Waals surface area contributed by atoms with Crippen LogP contribution in [-0.4, -0.2) is 61.6 Å². The number of phenolic OH excluding ortho intramolecular Hbond substituents is 1. The molecule has 0 aliphatic rings. The van der Waals surface area contributed by atoms with Gasteiger partial charge in [-0.2, -0.15) is 0 Å². The molecule has 0 heterocycles. The molecule has 7 nitrogen and oxygen atoms in total. The van der Waals surface area contributed by atoms with Gasteiger partial charge in [-0.15, -0.1) is 0 Å².